The zero-order valence-corrected chi connectivity index (χ0v) is 14.7. The first-order valence-electron chi connectivity index (χ1n) is 9.43. The number of rotatable bonds is 5. The smallest absolute Gasteiger partial charge is 0.238 e. The molecule has 1 aromatic rings. The van der Waals surface area contributed by atoms with Gasteiger partial charge in [0.05, 0.1) is 12.5 Å². The molecule has 0 radical (unpaired) electrons. The van der Waals surface area contributed by atoms with Gasteiger partial charge in [0.2, 0.25) is 11.8 Å². The summed E-state index contributed by atoms with van der Waals surface area (Å²) in [6, 6.07) is 3.90. The van der Waals surface area contributed by atoms with Gasteiger partial charge in [0.1, 0.15) is 0 Å². The molecule has 0 aromatic carbocycles. The van der Waals surface area contributed by atoms with Crippen LogP contribution < -0.4 is 10.6 Å². The number of amides is 2. The summed E-state index contributed by atoms with van der Waals surface area (Å²) >= 11 is 0. The Morgan fingerprint density at radius 1 is 1.08 bits per heavy atom. The van der Waals surface area contributed by atoms with Crippen LogP contribution in [0.25, 0.3) is 0 Å². The molecule has 6 heteroatoms. The van der Waals surface area contributed by atoms with Crippen molar-refractivity contribution in [2.75, 3.05) is 25.0 Å². The number of piperidine rings is 1. The zero-order chi connectivity index (χ0) is 17.5. The van der Waals surface area contributed by atoms with Gasteiger partial charge < -0.3 is 10.6 Å². The Balaban J connectivity index is 1.45. The van der Waals surface area contributed by atoms with E-state index in [0.717, 1.165) is 37.9 Å². The third kappa shape index (κ3) is 5.53. The van der Waals surface area contributed by atoms with Crippen LogP contribution in [-0.2, 0) is 9.59 Å². The molecule has 25 heavy (non-hydrogen) atoms. The maximum atomic E-state index is 12.5. The summed E-state index contributed by atoms with van der Waals surface area (Å²) in [5, 5.41) is 6.11. The molecular weight excluding hydrogens is 316 g/mol. The lowest BCUT2D eigenvalue weighted by Gasteiger charge is -2.33. The van der Waals surface area contributed by atoms with E-state index in [1.165, 1.54) is 19.3 Å². The van der Waals surface area contributed by atoms with Gasteiger partial charge in [-0.1, -0.05) is 19.3 Å². The fourth-order valence-electron chi connectivity index (χ4n) is 3.82. The minimum atomic E-state index is -0.0421. The van der Waals surface area contributed by atoms with E-state index in [9.17, 15) is 9.59 Å². The molecular formula is C19H28N4O2. The number of carbonyl (C=O) groups is 2. The van der Waals surface area contributed by atoms with Crippen LogP contribution in [0.4, 0.5) is 5.69 Å². The van der Waals surface area contributed by atoms with Crippen molar-refractivity contribution in [3.8, 4) is 0 Å². The van der Waals surface area contributed by atoms with Crippen LogP contribution in [-0.4, -0.2) is 47.4 Å². The summed E-state index contributed by atoms with van der Waals surface area (Å²) in [6.45, 7) is 1.87. The summed E-state index contributed by atoms with van der Waals surface area (Å²) in [5.74, 6) is 0.134. The van der Waals surface area contributed by atoms with Crippen LogP contribution in [0.1, 0.15) is 44.9 Å². The fraction of sp³-hybridized carbons (Fsp3) is 0.632. The van der Waals surface area contributed by atoms with Crippen LogP contribution in [0.3, 0.4) is 0 Å². The number of anilines is 1. The highest BCUT2D eigenvalue weighted by molar-refractivity contribution is 5.92. The lowest BCUT2D eigenvalue weighted by Crippen LogP contribution is -2.47. The van der Waals surface area contributed by atoms with Gasteiger partial charge in [0, 0.05) is 30.7 Å². The van der Waals surface area contributed by atoms with Crippen molar-refractivity contribution in [2.24, 2.45) is 5.92 Å². The Morgan fingerprint density at radius 3 is 2.60 bits per heavy atom. The SMILES string of the molecule is O=C(CN1CCC[C@@H](C(=O)NC2CCCCC2)C1)Nc1ccncc1. The van der Waals surface area contributed by atoms with Gasteiger partial charge in [-0.15, -0.1) is 0 Å². The van der Waals surface area contributed by atoms with Crippen LogP contribution in [0, 0.1) is 5.92 Å². The van der Waals surface area contributed by atoms with Gasteiger partial charge in [0.25, 0.3) is 0 Å². The summed E-state index contributed by atoms with van der Waals surface area (Å²) < 4.78 is 0. The van der Waals surface area contributed by atoms with E-state index in [0.29, 0.717) is 19.1 Å². The normalized spacial score (nSPS) is 22.3. The average Bonchev–Trinajstić information content (AvgIpc) is 2.63. The lowest BCUT2D eigenvalue weighted by molar-refractivity contribution is -0.128. The number of likely N-dealkylation sites (tertiary alicyclic amines) is 1. The monoisotopic (exact) mass is 344 g/mol. The van der Waals surface area contributed by atoms with E-state index in [1.807, 2.05) is 0 Å². The Kier molecular flexibility index (Phi) is 6.39. The summed E-state index contributed by atoms with van der Waals surface area (Å²) in [7, 11) is 0. The molecule has 1 aliphatic carbocycles. The molecule has 0 unspecified atom stereocenters. The summed E-state index contributed by atoms with van der Waals surface area (Å²) in [4.78, 5) is 30.8. The molecule has 0 spiro atoms. The summed E-state index contributed by atoms with van der Waals surface area (Å²) in [5.41, 5.74) is 0.753. The molecule has 2 fully saturated rings. The topological polar surface area (TPSA) is 74.3 Å². The molecule has 1 aromatic heterocycles. The molecule has 1 atom stereocenters. The van der Waals surface area contributed by atoms with Gasteiger partial charge in [0.15, 0.2) is 0 Å². The Labute approximate surface area is 149 Å². The highest BCUT2D eigenvalue weighted by Crippen LogP contribution is 2.20. The van der Waals surface area contributed by atoms with Crippen molar-refractivity contribution in [2.45, 2.75) is 51.0 Å². The molecule has 1 saturated carbocycles. The maximum Gasteiger partial charge on any atom is 0.238 e. The van der Waals surface area contributed by atoms with Gasteiger partial charge in [-0.25, -0.2) is 0 Å². The molecule has 3 rings (SSSR count). The molecule has 1 saturated heterocycles. The van der Waals surface area contributed by atoms with Crippen molar-refractivity contribution >= 4 is 17.5 Å². The third-order valence-corrected chi connectivity index (χ3v) is 5.16. The highest BCUT2D eigenvalue weighted by Gasteiger charge is 2.28. The minimum Gasteiger partial charge on any atom is -0.353 e. The molecule has 136 valence electrons. The number of hydrogen-bond donors (Lipinski definition) is 2. The molecule has 2 N–H and O–H groups in total. The van der Waals surface area contributed by atoms with E-state index in [4.69, 9.17) is 0 Å². The van der Waals surface area contributed by atoms with Gasteiger partial charge >= 0.3 is 0 Å². The number of nitrogens with one attached hydrogen (secondary N) is 2. The standard InChI is InChI=1S/C19H28N4O2/c24-18(21-17-8-10-20-11-9-17)14-23-12-4-5-15(13-23)19(25)22-16-6-2-1-3-7-16/h8-11,15-16H,1-7,12-14H2,(H,22,25)(H,20,21,24)/t15-/m1/s1. The fourth-order valence-corrected chi connectivity index (χ4v) is 3.82. The molecule has 0 bridgehead atoms. The molecule has 6 nitrogen and oxygen atoms in total. The Bertz CT molecular complexity index is 572. The molecule has 2 aliphatic rings. The minimum absolute atomic E-state index is 0.00408. The molecule has 1 aliphatic heterocycles. The number of nitrogens with zero attached hydrogens (tertiary/aromatic N) is 2. The van der Waals surface area contributed by atoms with Gasteiger partial charge in [-0.2, -0.15) is 0 Å². The van der Waals surface area contributed by atoms with Crippen molar-refractivity contribution in [3.63, 3.8) is 0 Å². The largest absolute Gasteiger partial charge is 0.353 e. The van der Waals surface area contributed by atoms with Crippen molar-refractivity contribution in [1.82, 2.24) is 15.2 Å². The Morgan fingerprint density at radius 2 is 1.84 bits per heavy atom. The number of hydrogen-bond acceptors (Lipinski definition) is 4. The third-order valence-electron chi connectivity index (χ3n) is 5.16. The first kappa shape index (κ1) is 17.9. The quantitative estimate of drug-likeness (QED) is 0.859. The highest BCUT2D eigenvalue weighted by atomic mass is 16.2. The van der Waals surface area contributed by atoms with Crippen LogP contribution in [0.5, 0.6) is 0 Å². The van der Waals surface area contributed by atoms with Gasteiger partial charge in [-0.3, -0.25) is 19.5 Å². The van der Waals surface area contributed by atoms with Gasteiger partial charge in [-0.05, 0) is 44.4 Å². The second-order valence-corrected chi connectivity index (χ2v) is 7.20. The summed E-state index contributed by atoms with van der Waals surface area (Å²) in [6.07, 6.45) is 11.1. The number of pyridine rings is 1. The van der Waals surface area contributed by atoms with Crippen LogP contribution in [0.15, 0.2) is 24.5 Å². The van der Waals surface area contributed by atoms with E-state index in [-0.39, 0.29) is 17.7 Å². The Hall–Kier alpha value is -1.95. The molecule has 2 heterocycles. The van der Waals surface area contributed by atoms with Crippen LogP contribution >= 0.6 is 0 Å². The van der Waals surface area contributed by atoms with Crippen molar-refractivity contribution < 1.29 is 9.59 Å². The predicted molar refractivity (Wildman–Crippen MR) is 97.0 cm³/mol. The van der Waals surface area contributed by atoms with E-state index in [1.54, 1.807) is 24.5 Å². The molecule has 2 amide bonds. The second-order valence-electron chi connectivity index (χ2n) is 7.20. The van der Waals surface area contributed by atoms with E-state index >= 15 is 0 Å². The first-order chi connectivity index (χ1) is 12.2. The second kappa shape index (κ2) is 8.94. The predicted octanol–water partition coefficient (Wildman–Crippen LogP) is 2.18. The number of carbonyl (C=O) groups excluding carboxylic acids is 2. The van der Waals surface area contributed by atoms with Crippen molar-refractivity contribution in [3.05, 3.63) is 24.5 Å². The van der Waals surface area contributed by atoms with E-state index < -0.39 is 0 Å². The first-order valence-corrected chi connectivity index (χ1v) is 9.43. The average molecular weight is 344 g/mol. The lowest BCUT2D eigenvalue weighted by atomic mass is 9.93. The zero-order valence-electron chi connectivity index (χ0n) is 14.7. The maximum absolute atomic E-state index is 12.5. The van der Waals surface area contributed by atoms with Crippen LogP contribution in [0.2, 0.25) is 0 Å². The number of aromatic nitrogens is 1. The van der Waals surface area contributed by atoms with E-state index in [2.05, 4.69) is 20.5 Å². The van der Waals surface area contributed by atoms with Crippen molar-refractivity contribution in [1.29, 1.82) is 0 Å².